The Hall–Kier alpha value is -2.17. The van der Waals surface area contributed by atoms with Gasteiger partial charge in [0.2, 0.25) is 0 Å². The van der Waals surface area contributed by atoms with E-state index in [4.69, 9.17) is 0 Å². The van der Waals surface area contributed by atoms with Crippen LogP contribution in [0.15, 0.2) is 24.4 Å². The second-order valence-electron chi connectivity index (χ2n) is 2.85. The molecule has 1 N–H and O–H groups in total. The third kappa shape index (κ3) is 1.15. The monoisotopic (exact) mass is 190 g/mol. The van der Waals surface area contributed by atoms with Gasteiger partial charge in [-0.3, -0.25) is 14.9 Å². The molecule has 5 nitrogen and oxygen atoms in total. The highest BCUT2D eigenvalue weighted by atomic mass is 16.6. The number of rotatable bonds is 2. The molecule has 0 saturated carbocycles. The number of hydrogen-bond donors (Lipinski definition) is 1. The number of nitrogens with one attached hydrogen (secondary N) is 1. The molecule has 2 aromatic rings. The molecule has 0 radical (unpaired) electrons. The van der Waals surface area contributed by atoms with Crippen molar-refractivity contribution in [3.63, 3.8) is 0 Å². The normalized spacial score (nSPS) is 10.3. The molecule has 0 amide bonds. The Morgan fingerprint density at radius 3 is 2.86 bits per heavy atom. The minimum absolute atomic E-state index is 0.0254. The van der Waals surface area contributed by atoms with Crippen LogP contribution in [-0.4, -0.2) is 16.2 Å². The molecule has 0 aliphatic heterocycles. The van der Waals surface area contributed by atoms with E-state index in [0.29, 0.717) is 22.8 Å². The average molecular weight is 190 g/mol. The lowest BCUT2D eigenvalue weighted by Gasteiger charge is -1.91. The van der Waals surface area contributed by atoms with Crippen LogP contribution < -0.4 is 0 Å². The van der Waals surface area contributed by atoms with Gasteiger partial charge in [0.25, 0.3) is 5.69 Å². The van der Waals surface area contributed by atoms with Crippen LogP contribution in [0.4, 0.5) is 5.69 Å². The van der Waals surface area contributed by atoms with E-state index in [-0.39, 0.29) is 5.69 Å². The van der Waals surface area contributed by atoms with Gasteiger partial charge in [0, 0.05) is 5.56 Å². The fraction of sp³-hybridized carbons (Fsp3) is 0. The number of fused-ring (bicyclic) bond motifs is 1. The van der Waals surface area contributed by atoms with Gasteiger partial charge in [-0.15, -0.1) is 0 Å². The first-order chi connectivity index (χ1) is 6.72. The van der Waals surface area contributed by atoms with Crippen LogP contribution in [0.5, 0.6) is 0 Å². The summed E-state index contributed by atoms with van der Waals surface area (Å²) in [6, 6.07) is 4.69. The highest BCUT2D eigenvalue weighted by molar-refractivity contribution is 5.92. The lowest BCUT2D eigenvalue weighted by molar-refractivity contribution is -0.383. The van der Waals surface area contributed by atoms with Crippen molar-refractivity contribution < 1.29 is 9.72 Å². The summed E-state index contributed by atoms with van der Waals surface area (Å²) < 4.78 is 0. The molecule has 2 rings (SSSR count). The van der Waals surface area contributed by atoms with Gasteiger partial charge in [-0.25, -0.2) is 0 Å². The number of aldehydes is 1. The van der Waals surface area contributed by atoms with Crippen LogP contribution in [0.3, 0.4) is 0 Å². The van der Waals surface area contributed by atoms with Gasteiger partial charge in [-0.2, -0.15) is 0 Å². The smallest absolute Gasteiger partial charge is 0.294 e. The van der Waals surface area contributed by atoms with Crippen LogP contribution in [0.1, 0.15) is 10.4 Å². The molecule has 1 heterocycles. The Bertz CT molecular complexity index is 516. The van der Waals surface area contributed by atoms with E-state index in [9.17, 15) is 14.9 Å². The zero-order valence-corrected chi connectivity index (χ0v) is 7.06. The van der Waals surface area contributed by atoms with E-state index in [0.717, 1.165) is 0 Å². The van der Waals surface area contributed by atoms with Crippen molar-refractivity contribution in [1.82, 2.24) is 4.98 Å². The number of H-pyrrole nitrogens is 1. The second-order valence-corrected chi connectivity index (χ2v) is 2.85. The van der Waals surface area contributed by atoms with Gasteiger partial charge in [0.05, 0.1) is 22.0 Å². The molecule has 0 aliphatic rings. The maximum Gasteiger partial charge on any atom is 0.294 e. The molecule has 0 bridgehead atoms. The number of nitrogens with zero attached hydrogens (tertiary/aromatic N) is 1. The quantitative estimate of drug-likeness (QED) is 0.446. The van der Waals surface area contributed by atoms with E-state index in [2.05, 4.69) is 4.98 Å². The van der Waals surface area contributed by atoms with Gasteiger partial charge >= 0.3 is 0 Å². The number of carbonyl (C=O) groups is 1. The maximum atomic E-state index is 10.5. The Kier molecular flexibility index (Phi) is 1.78. The molecular formula is C9H6N2O3. The fourth-order valence-electron chi connectivity index (χ4n) is 1.35. The number of nitro groups is 1. The number of aromatic amines is 1. The summed E-state index contributed by atoms with van der Waals surface area (Å²) in [7, 11) is 0. The SMILES string of the molecule is O=Cc1ccc2c([N+](=O)[O-])c[nH]c2c1. The molecule has 5 heteroatoms. The summed E-state index contributed by atoms with van der Waals surface area (Å²) in [5, 5.41) is 11.1. The summed E-state index contributed by atoms with van der Waals surface area (Å²) in [4.78, 5) is 23.3. The Labute approximate surface area is 78.5 Å². The molecule has 0 unspecified atom stereocenters. The fourth-order valence-corrected chi connectivity index (χ4v) is 1.35. The lowest BCUT2D eigenvalue weighted by Crippen LogP contribution is -1.85. The van der Waals surface area contributed by atoms with E-state index in [1.54, 1.807) is 18.2 Å². The summed E-state index contributed by atoms with van der Waals surface area (Å²) in [5.74, 6) is 0. The van der Waals surface area contributed by atoms with Crippen molar-refractivity contribution in [2.24, 2.45) is 0 Å². The largest absolute Gasteiger partial charge is 0.355 e. The average Bonchev–Trinajstić information content (AvgIpc) is 2.59. The Morgan fingerprint density at radius 1 is 1.43 bits per heavy atom. The topological polar surface area (TPSA) is 76.0 Å². The van der Waals surface area contributed by atoms with Gasteiger partial charge in [-0.1, -0.05) is 6.07 Å². The zero-order chi connectivity index (χ0) is 10.1. The van der Waals surface area contributed by atoms with Crippen molar-refractivity contribution in [3.05, 3.63) is 40.1 Å². The Balaban J connectivity index is 2.71. The lowest BCUT2D eigenvalue weighted by atomic mass is 10.2. The summed E-state index contributed by atoms with van der Waals surface area (Å²) in [6.45, 7) is 0. The number of hydrogen-bond acceptors (Lipinski definition) is 3. The van der Waals surface area contributed by atoms with Crippen LogP contribution >= 0.6 is 0 Å². The molecule has 1 aromatic heterocycles. The van der Waals surface area contributed by atoms with E-state index < -0.39 is 4.92 Å². The molecule has 0 aliphatic carbocycles. The Morgan fingerprint density at radius 2 is 2.21 bits per heavy atom. The van der Waals surface area contributed by atoms with Gasteiger partial charge in [0.15, 0.2) is 0 Å². The zero-order valence-electron chi connectivity index (χ0n) is 7.06. The van der Waals surface area contributed by atoms with Crippen molar-refractivity contribution in [2.45, 2.75) is 0 Å². The molecule has 0 fully saturated rings. The first-order valence-corrected chi connectivity index (χ1v) is 3.93. The third-order valence-corrected chi connectivity index (χ3v) is 2.02. The van der Waals surface area contributed by atoms with Gasteiger partial charge in [-0.05, 0) is 12.1 Å². The maximum absolute atomic E-state index is 10.5. The van der Waals surface area contributed by atoms with Crippen molar-refractivity contribution in [1.29, 1.82) is 0 Å². The summed E-state index contributed by atoms with van der Waals surface area (Å²) in [5.41, 5.74) is 1.12. The molecule has 70 valence electrons. The van der Waals surface area contributed by atoms with E-state index in [1.807, 2.05) is 0 Å². The van der Waals surface area contributed by atoms with Crippen molar-refractivity contribution in [2.75, 3.05) is 0 Å². The molecule has 0 atom stereocenters. The first kappa shape index (κ1) is 8.43. The van der Waals surface area contributed by atoms with Crippen LogP contribution in [0.25, 0.3) is 10.9 Å². The van der Waals surface area contributed by atoms with Crippen molar-refractivity contribution >= 4 is 22.9 Å². The molecule has 0 saturated heterocycles. The highest BCUT2D eigenvalue weighted by Gasteiger charge is 2.13. The predicted octanol–water partition coefficient (Wildman–Crippen LogP) is 1.89. The van der Waals surface area contributed by atoms with Gasteiger partial charge < -0.3 is 4.98 Å². The van der Waals surface area contributed by atoms with E-state index in [1.165, 1.54) is 6.20 Å². The highest BCUT2D eigenvalue weighted by Crippen LogP contribution is 2.25. The van der Waals surface area contributed by atoms with Crippen LogP contribution in [-0.2, 0) is 0 Å². The second kappa shape index (κ2) is 2.95. The minimum Gasteiger partial charge on any atom is -0.355 e. The summed E-state index contributed by atoms with van der Waals surface area (Å²) >= 11 is 0. The standard InChI is InChI=1S/C9H6N2O3/c12-5-6-1-2-7-8(3-6)10-4-9(7)11(13)14/h1-5,10H. The molecular weight excluding hydrogens is 184 g/mol. The van der Waals surface area contributed by atoms with Crippen molar-refractivity contribution in [3.8, 4) is 0 Å². The van der Waals surface area contributed by atoms with Gasteiger partial charge in [0.1, 0.15) is 6.29 Å². The molecule has 1 aromatic carbocycles. The number of carbonyl (C=O) groups excluding carboxylic acids is 1. The molecule has 0 spiro atoms. The van der Waals surface area contributed by atoms with Crippen LogP contribution in [0, 0.1) is 10.1 Å². The number of benzene rings is 1. The van der Waals surface area contributed by atoms with E-state index >= 15 is 0 Å². The third-order valence-electron chi connectivity index (χ3n) is 2.02. The predicted molar refractivity (Wildman–Crippen MR) is 50.3 cm³/mol. The summed E-state index contributed by atoms with van der Waals surface area (Å²) in [6.07, 6.45) is 2.02. The number of aromatic nitrogens is 1. The minimum atomic E-state index is -0.459. The molecule has 14 heavy (non-hydrogen) atoms. The van der Waals surface area contributed by atoms with Crippen LogP contribution in [0.2, 0.25) is 0 Å². The first-order valence-electron chi connectivity index (χ1n) is 3.93.